The third-order valence-electron chi connectivity index (χ3n) is 1.09. The van der Waals surface area contributed by atoms with Gasteiger partial charge in [-0.25, -0.2) is 4.79 Å². The fraction of sp³-hybridized carbons (Fsp3) is 0.875. The molecule has 2 N–H and O–H groups in total. The van der Waals surface area contributed by atoms with Gasteiger partial charge < -0.3 is 10.1 Å². The number of amides is 1. The van der Waals surface area contributed by atoms with Gasteiger partial charge in [0.2, 0.25) is 0 Å². The number of hydrogen-bond acceptors (Lipinski definition) is 3. The highest BCUT2D eigenvalue weighted by molar-refractivity contribution is 5.67. The van der Waals surface area contributed by atoms with Crippen molar-refractivity contribution in [2.75, 3.05) is 6.67 Å². The zero-order valence-electron chi connectivity index (χ0n) is 8.18. The zero-order chi connectivity index (χ0) is 9.56. The second-order valence-electron chi connectivity index (χ2n) is 3.17. The maximum atomic E-state index is 10.9. The van der Waals surface area contributed by atoms with Crippen LogP contribution in [0, 0.1) is 0 Å². The average Bonchev–Trinajstić information content (AvgIpc) is 1.84. The molecule has 72 valence electrons. The third-order valence-corrected chi connectivity index (χ3v) is 1.09. The van der Waals surface area contributed by atoms with Gasteiger partial charge in [0.15, 0.2) is 0 Å². The second-order valence-corrected chi connectivity index (χ2v) is 3.17. The van der Waals surface area contributed by atoms with E-state index in [2.05, 4.69) is 10.6 Å². The fourth-order valence-electron chi connectivity index (χ4n) is 0.583. The highest BCUT2D eigenvalue weighted by Gasteiger charge is 2.02. The molecule has 0 aromatic rings. The lowest BCUT2D eigenvalue weighted by atomic mass is 10.4. The van der Waals surface area contributed by atoms with E-state index >= 15 is 0 Å². The SMILES string of the molecule is CC(C)NCNC(=O)OC(C)C. The molecule has 0 aliphatic heterocycles. The highest BCUT2D eigenvalue weighted by Crippen LogP contribution is 1.86. The van der Waals surface area contributed by atoms with E-state index in [-0.39, 0.29) is 12.2 Å². The van der Waals surface area contributed by atoms with Crippen molar-refractivity contribution in [3.05, 3.63) is 0 Å². The van der Waals surface area contributed by atoms with Crippen molar-refractivity contribution in [3.8, 4) is 0 Å². The van der Waals surface area contributed by atoms with Crippen LogP contribution in [-0.2, 0) is 4.74 Å². The maximum Gasteiger partial charge on any atom is 0.408 e. The summed E-state index contributed by atoms with van der Waals surface area (Å²) in [6, 6.07) is 0.365. The minimum absolute atomic E-state index is 0.0657. The van der Waals surface area contributed by atoms with E-state index in [9.17, 15) is 4.79 Å². The van der Waals surface area contributed by atoms with Crippen LogP contribution in [0.4, 0.5) is 4.79 Å². The van der Waals surface area contributed by atoms with Crippen LogP contribution in [0.5, 0.6) is 0 Å². The monoisotopic (exact) mass is 174 g/mol. The Labute approximate surface area is 73.7 Å². The lowest BCUT2D eigenvalue weighted by molar-refractivity contribution is 0.115. The fourth-order valence-corrected chi connectivity index (χ4v) is 0.583. The van der Waals surface area contributed by atoms with Gasteiger partial charge in [0.1, 0.15) is 0 Å². The van der Waals surface area contributed by atoms with Crippen LogP contribution >= 0.6 is 0 Å². The van der Waals surface area contributed by atoms with Crippen molar-refractivity contribution >= 4 is 6.09 Å². The van der Waals surface area contributed by atoms with Crippen LogP contribution in [0.15, 0.2) is 0 Å². The molecule has 0 fully saturated rings. The normalized spacial score (nSPS) is 10.5. The molecule has 0 aliphatic carbocycles. The van der Waals surface area contributed by atoms with Gasteiger partial charge in [-0.1, -0.05) is 0 Å². The lowest BCUT2D eigenvalue weighted by Gasteiger charge is -2.11. The van der Waals surface area contributed by atoms with Gasteiger partial charge in [0.05, 0.1) is 12.8 Å². The van der Waals surface area contributed by atoms with Crippen molar-refractivity contribution in [1.29, 1.82) is 0 Å². The Balaban J connectivity index is 3.32. The molecule has 0 unspecified atom stereocenters. The van der Waals surface area contributed by atoms with Crippen molar-refractivity contribution in [2.24, 2.45) is 0 Å². The summed E-state index contributed by atoms with van der Waals surface area (Å²) in [4.78, 5) is 10.9. The molecule has 0 aromatic heterocycles. The zero-order valence-corrected chi connectivity index (χ0v) is 8.18. The Hall–Kier alpha value is -0.770. The Morgan fingerprint density at radius 2 is 1.92 bits per heavy atom. The molecule has 0 aromatic carbocycles. The van der Waals surface area contributed by atoms with Crippen LogP contribution in [0.25, 0.3) is 0 Å². The van der Waals surface area contributed by atoms with Gasteiger partial charge in [0, 0.05) is 6.04 Å². The average molecular weight is 174 g/mol. The van der Waals surface area contributed by atoms with Crippen LogP contribution in [-0.4, -0.2) is 24.9 Å². The first-order valence-electron chi connectivity index (χ1n) is 4.20. The molecule has 4 nitrogen and oxygen atoms in total. The molecule has 0 rings (SSSR count). The summed E-state index contributed by atoms with van der Waals surface area (Å²) in [6.07, 6.45) is -0.442. The molecular weight excluding hydrogens is 156 g/mol. The van der Waals surface area contributed by atoms with Crippen LogP contribution in [0.3, 0.4) is 0 Å². The Kier molecular flexibility index (Phi) is 5.45. The molecule has 0 spiro atoms. The van der Waals surface area contributed by atoms with E-state index in [1.165, 1.54) is 0 Å². The molecule has 12 heavy (non-hydrogen) atoms. The number of carbonyl (C=O) groups is 1. The van der Waals surface area contributed by atoms with Crippen molar-refractivity contribution in [3.63, 3.8) is 0 Å². The largest absolute Gasteiger partial charge is 0.447 e. The first-order chi connectivity index (χ1) is 5.52. The second kappa shape index (κ2) is 5.83. The number of nitrogens with one attached hydrogen (secondary N) is 2. The van der Waals surface area contributed by atoms with Crippen LogP contribution in [0.2, 0.25) is 0 Å². The number of rotatable bonds is 4. The standard InChI is InChI=1S/C8H18N2O2/c1-6(2)9-5-10-8(11)12-7(3)4/h6-7,9H,5H2,1-4H3,(H,10,11). The summed E-state index contributed by atoms with van der Waals surface area (Å²) in [5.74, 6) is 0. The number of carbonyl (C=O) groups excluding carboxylic acids is 1. The minimum atomic E-state index is -0.377. The van der Waals surface area contributed by atoms with Gasteiger partial charge in [-0.05, 0) is 27.7 Å². The molecule has 0 aliphatic rings. The molecule has 4 heteroatoms. The van der Waals surface area contributed by atoms with E-state index in [0.29, 0.717) is 12.7 Å². The first-order valence-corrected chi connectivity index (χ1v) is 4.20. The highest BCUT2D eigenvalue weighted by atomic mass is 16.6. The summed E-state index contributed by atoms with van der Waals surface area (Å²) in [6.45, 7) is 8.10. The van der Waals surface area contributed by atoms with E-state index in [0.717, 1.165) is 0 Å². The number of ether oxygens (including phenoxy) is 1. The Morgan fingerprint density at radius 1 is 1.33 bits per heavy atom. The lowest BCUT2D eigenvalue weighted by Crippen LogP contribution is -2.38. The van der Waals surface area contributed by atoms with E-state index < -0.39 is 0 Å². The summed E-state index contributed by atoms with van der Waals surface area (Å²) >= 11 is 0. The quantitative estimate of drug-likeness (QED) is 0.627. The summed E-state index contributed by atoms with van der Waals surface area (Å²) in [5, 5.41) is 5.61. The Bertz CT molecular complexity index is 135. The van der Waals surface area contributed by atoms with E-state index in [1.807, 2.05) is 27.7 Å². The van der Waals surface area contributed by atoms with Crippen molar-refractivity contribution < 1.29 is 9.53 Å². The van der Waals surface area contributed by atoms with Crippen LogP contribution in [0.1, 0.15) is 27.7 Å². The van der Waals surface area contributed by atoms with Gasteiger partial charge in [-0.3, -0.25) is 5.32 Å². The van der Waals surface area contributed by atoms with E-state index in [1.54, 1.807) is 0 Å². The molecular formula is C8H18N2O2. The number of hydrogen-bond donors (Lipinski definition) is 2. The molecule has 0 saturated carbocycles. The smallest absolute Gasteiger partial charge is 0.408 e. The Morgan fingerprint density at radius 3 is 2.33 bits per heavy atom. The molecule has 0 saturated heterocycles. The van der Waals surface area contributed by atoms with Crippen molar-refractivity contribution in [2.45, 2.75) is 39.8 Å². The van der Waals surface area contributed by atoms with Gasteiger partial charge in [-0.15, -0.1) is 0 Å². The molecule has 0 atom stereocenters. The number of alkyl carbamates (subject to hydrolysis) is 1. The van der Waals surface area contributed by atoms with Gasteiger partial charge >= 0.3 is 6.09 Å². The molecule has 0 heterocycles. The molecule has 0 radical (unpaired) electrons. The third kappa shape index (κ3) is 7.34. The molecule has 0 bridgehead atoms. The van der Waals surface area contributed by atoms with Crippen molar-refractivity contribution in [1.82, 2.24) is 10.6 Å². The predicted molar refractivity (Wildman–Crippen MR) is 47.9 cm³/mol. The topological polar surface area (TPSA) is 50.4 Å². The summed E-state index contributed by atoms with van der Waals surface area (Å²) in [7, 11) is 0. The first kappa shape index (κ1) is 11.2. The van der Waals surface area contributed by atoms with Gasteiger partial charge in [-0.2, -0.15) is 0 Å². The van der Waals surface area contributed by atoms with Gasteiger partial charge in [0.25, 0.3) is 0 Å². The van der Waals surface area contributed by atoms with Crippen LogP contribution < -0.4 is 10.6 Å². The summed E-state index contributed by atoms with van der Waals surface area (Å²) < 4.78 is 4.84. The molecule has 1 amide bonds. The predicted octanol–water partition coefficient (Wildman–Crippen LogP) is 1.08. The van der Waals surface area contributed by atoms with E-state index in [4.69, 9.17) is 4.74 Å². The summed E-state index contributed by atoms with van der Waals surface area (Å²) in [5.41, 5.74) is 0. The minimum Gasteiger partial charge on any atom is -0.447 e. The maximum absolute atomic E-state index is 10.9.